The number of halogens is 2. The molecule has 5 rings (SSSR count). The highest BCUT2D eigenvalue weighted by atomic mass is 35.5. The molecule has 0 unspecified atom stereocenters. The fraction of sp³-hybridized carbons (Fsp3) is 0.0800. The molecule has 4 heteroatoms. The second-order valence-electron chi connectivity index (χ2n) is 6.64. The highest BCUT2D eigenvalue weighted by Gasteiger charge is 2.11. The smallest absolute Gasteiger partial charge is 0.193 e. The zero-order chi connectivity index (χ0) is 18.6. The van der Waals surface area contributed by atoms with Gasteiger partial charge in [-0.1, -0.05) is 78.4 Å². The lowest BCUT2D eigenvalue weighted by Crippen LogP contribution is -2.01. The summed E-state index contributed by atoms with van der Waals surface area (Å²) in [4.78, 5) is 11.9. The molecule has 0 atom stereocenters. The molecule has 3 aromatic carbocycles. The normalized spacial score (nSPS) is 12.2. The number of para-hydroxylation sites is 1. The fourth-order valence-electron chi connectivity index (χ4n) is 3.23. The van der Waals surface area contributed by atoms with Crippen molar-refractivity contribution < 1.29 is 4.42 Å². The van der Waals surface area contributed by atoms with Crippen molar-refractivity contribution in [2.24, 2.45) is 0 Å². The quantitative estimate of drug-likeness (QED) is 0.323. The van der Waals surface area contributed by atoms with Gasteiger partial charge in [0.1, 0.15) is 11.3 Å². The monoisotopic (exact) mass is 424 g/mol. The van der Waals surface area contributed by atoms with Gasteiger partial charge < -0.3 is 4.42 Å². The van der Waals surface area contributed by atoms with E-state index in [1.165, 1.54) is 16.3 Å². The van der Waals surface area contributed by atoms with E-state index in [4.69, 9.17) is 4.42 Å². The van der Waals surface area contributed by atoms with Crippen LogP contribution in [0.5, 0.6) is 0 Å². The van der Waals surface area contributed by atoms with Gasteiger partial charge in [-0.2, -0.15) is 0 Å². The molecule has 1 heterocycles. The molecule has 0 fully saturated rings. The van der Waals surface area contributed by atoms with Gasteiger partial charge in [0, 0.05) is 6.07 Å². The van der Waals surface area contributed by atoms with Crippen molar-refractivity contribution in [2.75, 3.05) is 0 Å². The van der Waals surface area contributed by atoms with Crippen LogP contribution in [0.25, 0.3) is 27.3 Å². The molecule has 0 amide bonds. The van der Waals surface area contributed by atoms with Gasteiger partial charge in [0.15, 0.2) is 5.43 Å². The van der Waals surface area contributed by atoms with E-state index in [1.54, 1.807) is 12.1 Å². The average Bonchev–Trinajstić information content (AvgIpc) is 3.15. The van der Waals surface area contributed by atoms with E-state index in [0.717, 1.165) is 12.0 Å². The second kappa shape index (κ2) is 10.1. The molecule has 148 valence electrons. The molecular formula is C25H22Cl2O2. The molecule has 1 aliphatic carbocycles. The maximum absolute atomic E-state index is 11.9. The van der Waals surface area contributed by atoms with Crippen LogP contribution in [0.1, 0.15) is 19.1 Å². The summed E-state index contributed by atoms with van der Waals surface area (Å²) in [5.41, 5.74) is 2.97. The summed E-state index contributed by atoms with van der Waals surface area (Å²) in [5, 5.41) is 3.26. The minimum Gasteiger partial charge on any atom is -0.456 e. The third-order valence-electron chi connectivity index (χ3n) is 4.66. The van der Waals surface area contributed by atoms with Gasteiger partial charge in [-0.05, 0) is 41.8 Å². The lowest BCUT2D eigenvalue weighted by molar-refractivity contribution is 0.585. The van der Waals surface area contributed by atoms with Crippen LogP contribution in [0.2, 0.25) is 0 Å². The number of hydrogen-bond acceptors (Lipinski definition) is 2. The Balaban J connectivity index is 0.000000216. The molecule has 29 heavy (non-hydrogen) atoms. The van der Waals surface area contributed by atoms with Crippen LogP contribution in [0.4, 0.5) is 0 Å². The van der Waals surface area contributed by atoms with Crippen LogP contribution < -0.4 is 5.43 Å². The van der Waals surface area contributed by atoms with Crippen LogP contribution in [0.15, 0.2) is 106 Å². The van der Waals surface area contributed by atoms with E-state index in [2.05, 4.69) is 60.7 Å². The van der Waals surface area contributed by atoms with E-state index in [-0.39, 0.29) is 30.2 Å². The Morgan fingerprint density at radius 2 is 1.34 bits per heavy atom. The van der Waals surface area contributed by atoms with Gasteiger partial charge in [-0.3, -0.25) is 4.79 Å². The number of fused-ring (bicyclic) bond motifs is 2. The highest BCUT2D eigenvalue weighted by Crippen LogP contribution is 2.27. The number of hydrogen-bond donors (Lipinski definition) is 0. The molecule has 0 saturated heterocycles. The summed E-state index contributed by atoms with van der Waals surface area (Å²) in [5.74, 6) is 0.682. The van der Waals surface area contributed by atoms with E-state index in [1.807, 2.05) is 25.1 Å². The summed E-state index contributed by atoms with van der Waals surface area (Å²) < 4.78 is 5.77. The topological polar surface area (TPSA) is 30.2 Å². The standard InChI is InChI=1S/C15H12O2.C10H8.2ClH/c1-10-6-7-11(8-10)15-9-13(16)12-4-2-3-5-14(12)17-15;1-2-6-10-8-4-3-7-9(10)5-1;;/h2-6,8-9H,7H2,1H3;1-8H;2*1H. The van der Waals surface area contributed by atoms with Crippen molar-refractivity contribution in [3.63, 3.8) is 0 Å². The molecule has 0 saturated carbocycles. The van der Waals surface area contributed by atoms with Gasteiger partial charge in [-0.25, -0.2) is 0 Å². The van der Waals surface area contributed by atoms with Crippen molar-refractivity contribution >= 4 is 52.1 Å². The first-order valence-electron chi connectivity index (χ1n) is 9.05. The van der Waals surface area contributed by atoms with E-state index >= 15 is 0 Å². The van der Waals surface area contributed by atoms with Gasteiger partial charge >= 0.3 is 0 Å². The molecule has 1 aliphatic rings. The summed E-state index contributed by atoms with van der Waals surface area (Å²) in [6.45, 7) is 2.05. The molecule has 0 radical (unpaired) electrons. The average molecular weight is 425 g/mol. The summed E-state index contributed by atoms with van der Waals surface area (Å²) in [6.07, 6.45) is 5.03. The first-order chi connectivity index (χ1) is 13.2. The lowest BCUT2D eigenvalue weighted by Gasteiger charge is -2.02. The molecule has 4 aromatic rings. The number of rotatable bonds is 1. The van der Waals surface area contributed by atoms with Crippen molar-refractivity contribution in [1.82, 2.24) is 0 Å². The molecule has 0 bridgehead atoms. The predicted octanol–water partition coefficient (Wildman–Crippen LogP) is 7.21. The van der Waals surface area contributed by atoms with Gasteiger partial charge in [0.25, 0.3) is 0 Å². The zero-order valence-electron chi connectivity index (χ0n) is 16.0. The molecule has 0 N–H and O–H groups in total. The zero-order valence-corrected chi connectivity index (χ0v) is 17.6. The van der Waals surface area contributed by atoms with Crippen LogP contribution in [-0.2, 0) is 0 Å². The Labute approximate surface area is 182 Å². The van der Waals surface area contributed by atoms with E-state index in [9.17, 15) is 4.79 Å². The summed E-state index contributed by atoms with van der Waals surface area (Å²) in [6, 6.07) is 25.6. The van der Waals surface area contributed by atoms with Crippen molar-refractivity contribution in [2.45, 2.75) is 13.3 Å². The number of benzene rings is 3. The Bertz CT molecular complexity index is 1170. The molecule has 1 aromatic heterocycles. The molecular weight excluding hydrogens is 403 g/mol. The maximum atomic E-state index is 11.9. The SMILES string of the molecule is CC1=CCC(c2cc(=O)c3ccccc3o2)=C1.Cl.Cl.c1ccc2ccccc2c1. The van der Waals surface area contributed by atoms with E-state index in [0.29, 0.717) is 16.7 Å². The first kappa shape index (κ1) is 22.5. The van der Waals surface area contributed by atoms with Gasteiger partial charge in [0.05, 0.1) is 5.39 Å². The lowest BCUT2D eigenvalue weighted by atomic mass is 10.1. The first-order valence-corrected chi connectivity index (χ1v) is 9.05. The molecule has 0 spiro atoms. The fourth-order valence-corrected chi connectivity index (χ4v) is 3.23. The Morgan fingerprint density at radius 1 is 0.793 bits per heavy atom. The minimum atomic E-state index is 0. The van der Waals surface area contributed by atoms with Crippen LogP contribution in [-0.4, -0.2) is 0 Å². The van der Waals surface area contributed by atoms with Crippen molar-refractivity contribution in [1.29, 1.82) is 0 Å². The Hall–Kier alpha value is -2.81. The van der Waals surface area contributed by atoms with Gasteiger partial charge in [-0.15, -0.1) is 24.8 Å². The second-order valence-corrected chi connectivity index (χ2v) is 6.64. The highest BCUT2D eigenvalue weighted by molar-refractivity contribution is 5.85. The van der Waals surface area contributed by atoms with Crippen molar-refractivity contribution in [3.8, 4) is 0 Å². The molecule has 2 nitrogen and oxygen atoms in total. The van der Waals surface area contributed by atoms with Crippen LogP contribution in [0.3, 0.4) is 0 Å². The number of allylic oxidation sites excluding steroid dienone is 4. The van der Waals surface area contributed by atoms with E-state index < -0.39 is 0 Å². The van der Waals surface area contributed by atoms with Gasteiger partial charge in [0.2, 0.25) is 0 Å². The summed E-state index contributed by atoms with van der Waals surface area (Å²) in [7, 11) is 0. The Kier molecular flexibility index (Phi) is 7.83. The third-order valence-corrected chi connectivity index (χ3v) is 4.66. The molecule has 0 aliphatic heterocycles. The van der Waals surface area contributed by atoms with Crippen molar-refractivity contribution in [3.05, 3.63) is 113 Å². The third kappa shape index (κ3) is 5.17. The van der Waals surface area contributed by atoms with Crippen LogP contribution >= 0.6 is 24.8 Å². The largest absolute Gasteiger partial charge is 0.456 e. The Morgan fingerprint density at radius 3 is 1.90 bits per heavy atom. The maximum Gasteiger partial charge on any atom is 0.193 e. The predicted molar refractivity (Wildman–Crippen MR) is 127 cm³/mol. The minimum absolute atomic E-state index is 0. The van der Waals surface area contributed by atoms with Crippen LogP contribution in [0, 0.1) is 0 Å². The summed E-state index contributed by atoms with van der Waals surface area (Å²) >= 11 is 0.